The van der Waals surface area contributed by atoms with Crippen molar-refractivity contribution < 1.29 is 47.3 Å². The third-order valence-corrected chi connectivity index (χ3v) is 10.0. The fourth-order valence-corrected chi connectivity index (χ4v) is 6.81. The Morgan fingerprint density at radius 2 is 1.69 bits per heavy atom. The second kappa shape index (κ2) is 21.6. The lowest BCUT2D eigenvalue weighted by atomic mass is 10.1. The highest BCUT2D eigenvalue weighted by atomic mass is 31.2. The number of unbranched alkanes of at least 4 members (excludes halogenated alkanes) is 11. The first kappa shape index (κ1) is 41.7. The van der Waals surface area contributed by atoms with E-state index in [2.05, 4.69) is 17.0 Å². The Morgan fingerprint density at radius 3 is 2.37 bits per heavy atom. The number of halogens is 1. The molecule has 1 aromatic carbocycles. The Morgan fingerprint density at radius 1 is 1.00 bits per heavy atom. The van der Waals surface area contributed by atoms with Gasteiger partial charge in [0.05, 0.1) is 43.8 Å². The first-order chi connectivity index (χ1) is 25.1. The quantitative estimate of drug-likeness (QED) is 0.0588. The van der Waals surface area contributed by atoms with Gasteiger partial charge < -0.3 is 35.1 Å². The molecule has 0 aliphatic carbocycles. The molecule has 5 N–H and O–H groups in total. The topological polar surface area (TPSA) is 204 Å². The number of ether oxygens (including phenoxy) is 3. The summed E-state index contributed by atoms with van der Waals surface area (Å²) in [5.41, 5.74) is 7.12. The molecule has 1 fully saturated rings. The normalized spacial score (nSPS) is 20.6. The summed E-state index contributed by atoms with van der Waals surface area (Å²) in [6, 6.07) is 9.15. The number of hydrogen-bond acceptors (Lipinski definition) is 12. The van der Waals surface area contributed by atoms with Gasteiger partial charge in [-0.15, -0.1) is 0 Å². The number of nitrogens with zero attached hydrogens (tertiary/aromatic N) is 4. The third-order valence-electron chi connectivity index (χ3n) is 9.09. The highest BCUT2D eigenvalue weighted by Gasteiger charge is 2.45. The molecule has 14 nitrogen and oxygen atoms in total. The van der Waals surface area contributed by atoms with Crippen LogP contribution < -0.4 is 5.73 Å². The van der Waals surface area contributed by atoms with Crippen molar-refractivity contribution in [2.75, 3.05) is 32.2 Å². The molecule has 1 aliphatic rings. The van der Waals surface area contributed by atoms with Crippen LogP contribution in [0.1, 0.15) is 107 Å². The number of nitrogens with two attached hydrogens (primary N) is 1. The van der Waals surface area contributed by atoms with Gasteiger partial charge in [0.15, 0.2) is 5.82 Å². The fraction of sp³-hybridized carbons (Fsp3) is 0.639. The van der Waals surface area contributed by atoms with E-state index in [-0.39, 0.29) is 30.2 Å². The summed E-state index contributed by atoms with van der Waals surface area (Å²) in [7, 11) is -4.72. The van der Waals surface area contributed by atoms with Gasteiger partial charge in [-0.25, -0.2) is 18.5 Å². The van der Waals surface area contributed by atoms with Crippen molar-refractivity contribution in [3.05, 3.63) is 59.3 Å². The molecular weight excluding hydrogens is 696 g/mol. The molecule has 0 bridgehead atoms. The van der Waals surface area contributed by atoms with Gasteiger partial charge in [0.2, 0.25) is 0 Å². The summed E-state index contributed by atoms with van der Waals surface area (Å²) in [5, 5.41) is 34.5. The minimum Gasteiger partial charge on any atom is -0.387 e. The van der Waals surface area contributed by atoms with Gasteiger partial charge in [-0.05, 0) is 30.7 Å². The van der Waals surface area contributed by atoms with Crippen LogP contribution in [0.2, 0.25) is 0 Å². The van der Waals surface area contributed by atoms with Crippen LogP contribution in [0.5, 0.6) is 0 Å². The summed E-state index contributed by atoms with van der Waals surface area (Å²) >= 11 is 0. The van der Waals surface area contributed by atoms with Gasteiger partial charge in [-0.1, -0.05) is 83.6 Å². The zero-order valence-corrected chi connectivity index (χ0v) is 30.7. The Bertz CT molecular complexity index is 1610. The number of aromatic nitrogens is 3. The number of rotatable bonds is 25. The van der Waals surface area contributed by atoms with Crippen molar-refractivity contribution >= 4 is 19.2 Å². The second-order valence-electron chi connectivity index (χ2n) is 13.2. The molecule has 1 saturated heterocycles. The van der Waals surface area contributed by atoms with Crippen LogP contribution in [0.3, 0.4) is 0 Å². The summed E-state index contributed by atoms with van der Waals surface area (Å²) in [5.74, 6) is -0.404. The predicted octanol–water partition coefficient (Wildman–Crippen LogP) is 5.92. The molecule has 3 aromatic rings. The van der Waals surface area contributed by atoms with Gasteiger partial charge in [0, 0.05) is 12.2 Å². The standard InChI is InChI=1S/C36H53FN5O9P/c1-2-3-4-5-6-7-8-9-10-11-12-13-18-47-22-28(48-21-27-15-14-26(20-38)19-29(27)37)23-49-52(45,46)50-24-32-33(43)34(44)35(51-32)30-16-17-31-36(39)40-25-41-42(30)31/h14-17,19,25,28,32-35,43-44H,2-13,18,21-24H2,1H3,(H,45,46)(H2,39,40,41)/t28-,32-,33-,34-,35+/m1/s1. The van der Waals surface area contributed by atoms with E-state index in [4.69, 9.17) is 34.3 Å². The Balaban J connectivity index is 1.22. The van der Waals surface area contributed by atoms with Crippen LogP contribution in [0.15, 0.2) is 36.7 Å². The number of phosphoric acid groups is 1. The van der Waals surface area contributed by atoms with E-state index < -0.39 is 57.4 Å². The van der Waals surface area contributed by atoms with Crippen molar-refractivity contribution in [3.8, 4) is 6.07 Å². The van der Waals surface area contributed by atoms with Crippen LogP contribution in [0.4, 0.5) is 10.2 Å². The fourth-order valence-electron chi connectivity index (χ4n) is 6.05. The van der Waals surface area contributed by atoms with Gasteiger partial charge in [0.1, 0.15) is 48.2 Å². The number of nitriles is 1. The van der Waals surface area contributed by atoms with E-state index in [1.807, 2.05) is 6.07 Å². The number of aliphatic hydroxyl groups excluding tert-OH is 2. The Hall–Kier alpha value is -3.03. The highest BCUT2D eigenvalue weighted by Crippen LogP contribution is 2.45. The maximum atomic E-state index is 14.5. The van der Waals surface area contributed by atoms with E-state index in [1.54, 1.807) is 12.1 Å². The third kappa shape index (κ3) is 12.8. The molecule has 4 rings (SSSR count). The Kier molecular flexibility index (Phi) is 17.3. The molecule has 0 amide bonds. The van der Waals surface area contributed by atoms with Gasteiger partial charge in [-0.3, -0.25) is 9.05 Å². The molecule has 3 heterocycles. The van der Waals surface area contributed by atoms with Crippen molar-refractivity contribution in [1.29, 1.82) is 5.26 Å². The van der Waals surface area contributed by atoms with Gasteiger partial charge in [-0.2, -0.15) is 10.4 Å². The molecule has 16 heteroatoms. The lowest BCUT2D eigenvalue weighted by molar-refractivity contribution is -0.0560. The maximum absolute atomic E-state index is 14.5. The maximum Gasteiger partial charge on any atom is 0.472 e. The van der Waals surface area contributed by atoms with Gasteiger partial charge >= 0.3 is 7.82 Å². The smallest absolute Gasteiger partial charge is 0.387 e. The molecular formula is C36H53FN5O9P. The van der Waals surface area contributed by atoms with Crippen LogP contribution in [-0.4, -0.2) is 80.5 Å². The first-order valence-electron chi connectivity index (χ1n) is 18.2. The van der Waals surface area contributed by atoms with E-state index in [1.165, 1.54) is 80.8 Å². The summed E-state index contributed by atoms with van der Waals surface area (Å²) in [4.78, 5) is 14.4. The summed E-state index contributed by atoms with van der Waals surface area (Å²) in [6.45, 7) is 1.48. The van der Waals surface area contributed by atoms with E-state index in [0.717, 1.165) is 25.3 Å². The summed E-state index contributed by atoms with van der Waals surface area (Å²) in [6.07, 6.45) is 9.84. The molecule has 52 heavy (non-hydrogen) atoms. The van der Waals surface area contributed by atoms with Crippen molar-refractivity contribution in [1.82, 2.24) is 14.6 Å². The molecule has 0 radical (unpaired) electrons. The number of anilines is 1. The van der Waals surface area contributed by atoms with Crippen molar-refractivity contribution in [2.45, 2.75) is 121 Å². The molecule has 1 aliphatic heterocycles. The molecule has 1 unspecified atom stereocenters. The number of phosphoric ester groups is 1. The SMILES string of the molecule is CCCCCCCCCCCCCCOC[C@H](COP(=O)(O)OC[C@H]1O[C@@H](c2ccc3c(N)ncnn23)[C@H](O)[C@@H]1O)OCc1ccc(C#N)cc1F. The molecule has 288 valence electrons. The van der Waals surface area contributed by atoms with Crippen LogP contribution in [0.25, 0.3) is 5.52 Å². The number of aliphatic hydroxyl groups is 2. The first-order valence-corrected chi connectivity index (χ1v) is 19.7. The average Bonchev–Trinajstić information content (AvgIpc) is 3.69. The van der Waals surface area contributed by atoms with Crippen LogP contribution in [-0.2, 0) is 34.4 Å². The van der Waals surface area contributed by atoms with E-state index in [9.17, 15) is 24.1 Å². The number of fused-ring (bicyclic) bond motifs is 1. The van der Waals surface area contributed by atoms with E-state index in [0.29, 0.717) is 17.8 Å². The largest absolute Gasteiger partial charge is 0.472 e. The lowest BCUT2D eigenvalue weighted by Crippen LogP contribution is -2.33. The zero-order chi connectivity index (χ0) is 37.3. The highest BCUT2D eigenvalue weighted by molar-refractivity contribution is 7.47. The van der Waals surface area contributed by atoms with Crippen molar-refractivity contribution in [3.63, 3.8) is 0 Å². The Labute approximate surface area is 304 Å². The zero-order valence-electron chi connectivity index (χ0n) is 29.9. The average molecular weight is 750 g/mol. The van der Waals surface area contributed by atoms with Crippen LogP contribution in [0, 0.1) is 17.1 Å². The monoisotopic (exact) mass is 749 g/mol. The number of benzene rings is 1. The molecule has 0 saturated carbocycles. The lowest BCUT2D eigenvalue weighted by Gasteiger charge is -2.21. The van der Waals surface area contributed by atoms with Crippen molar-refractivity contribution in [2.24, 2.45) is 0 Å². The summed E-state index contributed by atoms with van der Waals surface area (Å²) < 4.78 is 56.6. The van der Waals surface area contributed by atoms with Gasteiger partial charge in [0.25, 0.3) is 0 Å². The number of nitrogen functional groups attached to an aromatic ring is 1. The van der Waals surface area contributed by atoms with E-state index >= 15 is 0 Å². The molecule has 2 aromatic heterocycles. The molecule has 0 spiro atoms. The predicted molar refractivity (Wildman–Crippen MR) is 190 cm³/mol. The number of hydrogen-bond donors (Lipinski definition) is 4. The minimum absolute atomic E-state index is 0.00753. The van der Waals surface area contributed by atoms with Crippen LogP contribution >= 0.6 is 7.82 Å². The minimum atomic E-state index is -4.72. The second-order valence-corrected chi connectivity index (χ2v) is 14.6. The molecule has 6 atom stereocenters.